The maximum absolute atomic E-state index is 12.1. The molecule has 0 aromatic carbocycles. The van der Waals surface area contributed by atoms with Crippen LogP contribution in [0.15, 0.2) is 48.0 Å². The summed E-state index contributed by atoms with van der Waals surface area (Å²) in [5.74, 6) is 0.474. The van der Waals surface area contributed by atoms with Gasteiger partial charge in [0.25, 0.3) is 0 Å². The number of aryl methyl sites for hydroxylation is 1. The Kier molecular flexibility index (Phi) is 11.1. The smallest absolute Gasteiger partial charge is 0.246 e. The minimum atomic E-state index is -0.0283. The number of carbonyl (C=O) groups excluding carboxylic acids is 1. The number of carbonyl (C=O) groups is 1. The van der Waals surface area contributed by atoms with E-state index < -0.39 is 0 Å². The highest BCUT2D eigenvalue weighted by Gasteiger charge is 2.04. The topological polar surface area (TPSA) is 72.9 Å². The van der Waals surface area contributed by atoms with E-state index in [1.54, 1.807) is 0 Å². The first-order valence-corrected chi connectivity index (χ1v) is 9.89. The van der Waals surface area contributed by atoms with E-state index in [2.05, 4.69) is 43.2 Å². The SMILES string of the molecule is CC(C)=CCC[C@H](C)/C=C/C=C(\C)C(=O)NCCc1cn(CCCN)cn1. The molecule has 3 N–H and O–H groups in total. The normalized spacial score (nSPS) is 13.0. The van der Waals surface area contributed by atoms with E-state index in [0.717, 1.165) is 43.5 Å². The molecule has 1 heterocycles. The lowest BCUT2D eigenvalue weighted by molar-refractivity contribution is -0.117. The van der Waals surface area contributed by atoms with Gasteiger partial charge in [-0.3, -0.25) is 4.79 Å². The van der Waals surface area contributed by atoms with E-state index in [1.807, 2.05) is 36.2 Å². The fourth-order valence-corrected chi connectivity index (χ4v) is 2.57. The van der Waals surface area contributed by atoms with Crippen LogP contribution in [0.3, 0.4) is 0 Å². The second-order valence-electron chi connectivity index (χ2n) is 7.32. The molecule has 0 aliphatic carbocycles. The van der Waals surface area contributed by atoms with E-state index in [-0.39, 0.29) is 5.91 Å². The van der Waals surface area contributed by atoms with Crippen molar-refractivity contribution in [3.05, 3.63) is 53.7 Å². The molecule has 1 amide bonds. The van der Waals surface area contributed by atoms with Crippen LogP contribution >= 0.6 is 0 Å². The quantitative estimate of drug-likeness (QED) is 0.333. The Bertz CT molecular complexity index is 651. The molecule has 0 unspecified atom stereocenters. The maximum Gasteiger partial charge on any atom is 0.246 e. The van der Waals surface area contributed by atoms with Crippen LogP contribution in [0.1, 0.15) is 52.7 Å². The number of amides is 1. The van der Waals surface area contributed by atoms with Gasteiger partial charge in [0.1, 0.15) is 0 Å². The van der Waals surface area contributed by atoms with Gasteiger partial charge in [-0.05, 0) is 52.5 Å². The van der Waals surface area contributed by atoms with Crippen LogP contribution in [-0.2, 0) is 17.8 Å². The molecule has 5 nitrogen and oxygen atoms in total. The van der Waals surface area contributed by atoms with E-state index in [0.29, 0.717) is 19.0 Å². The number of nitrogens with two attached hydrogens (primary N) is 1. The molecule has 0 bridgehead atoms. The molecular weight excluding hydrogens is 336 g/mol. The predicted molar refractivity (Wildman–Crippen MR) is 113 cm³/mol. The number of nitrogens with one attached hydrogen (secondary N) is 1. The summed E-state index contributed by atoms with van der Waals surface area (Å²) in [5.41, 5.74) is 8.58. The maximum atomic E-state index is 12.1. The van der Waals surface area contributed by atoms with Gasteiger partial charge in [0.2, 0.25) is 5.91 Å². The number of nitrogens with zero attached hydrogens (tertiary/aromatic N) is 2. The standard InChI is InChI=1S/C22H36N4O/c1-18(2)8-5-9-19(3)10-6-11-20(4)22(27)24-14-12-21-16-26(17-25-21)15-7-13-23/h6,8,10-11,16-17,19H,5,7,9,12-15,23H2,1-4H3,(H,24,27)/b10-6+,20-11+/t19-/m0/s1. The third kappa shape index (κ3) is 10.6. The first kappa shape index (κ1) is 22.9. The molecule has 1 atom stereocenters. The van der Waals surface area contributed by atoms with Gasteiger partial charge in [0, 0.05) is 31.3 Å². The third-order valence-electron chi connectivity index (χ3n) is 4.29. The molecule has 5 heteroatoms. The van der Waals surface area contributed by atoms with E-state index in [4.69, 9.17) is 5.73 Å². The summed E-state index contributed by atoms with van der Waals surface area (Å²) in [7, 11) is 0. The molecule has 1 aromatic heterocycles. The van der Waals surface area contributed by atoms with Crippen molar-refractivity contribution >= 4 is 5.91 Å². The van der Waals surface area contributed by atoms with Gasteiger partial charge < -0.3 is 15.6 Å². The van der Waals surface area contributed by atoms with Crippen molar-refractivity contribution in [3.63, 3.8) is 0 Å². The van der Waals surface area contributed by atoms with Crippen molar-refractivity contribution in [2.45, 2.75) is 59.9 Å². The summed E-state index contributed by atoms with van der Waals surface area (Å²) >= 11 is 0. The zero-order chi connectivity index (χ0) is 20.1. The van der Waals surface area contributed by atoms with Crippen LogP contribution < -0.4 is 11.1 Å². The van der Waals surface area contributed by atoms with E-state index in [9.17, 15) is 4.79 Å². The number of hydrogen-bond acceptors (Lipinski definition) is 3. The molecule has 0 fully saturated rings. The van der Waals surface area contributed by atoms with Gasteiger partial charge in [0.15, 0.2) is 0 Å². The lowest BCUT2D eigenvalue weighted by Crippen LogP contribution is -2.26. The van der Waals surface area contributed by atoms with Crippen LogP contribution in [0.25, 0.3) is 0 Å². The van der Waals surface area contributed by atoms with Gasteiger partial charge >= 0.3 is 0 Å². The number of rotatable bonds is 12. The zero-order valence-electron chi connectivity index (χ0n) is 17.4. The molecule has 0 radical (unpaired) electrons. The third-order valence-corrected chi connectivity index (χ3v) is 4.29. The van der Waals surface area contributed by atoms with Gasteiger partial charge in [-0.15, -0.1) is 0 Å². The molecule has 1 aromatic rings. The minimum absolute atomic E-state index is 0.0283. The molecule has 0 aliphatic heterocycles. The van der Waals surface area contributed by atoms with E-state index in [1.165, 1.54) is 5.57 Å². The predicted octanol–water partition coefficient (Wildman–Crippen LogP) is 3.78. The van der Waals surface area contributed by atoms with Crippen molar-refractivity contribution in [2.24, 2.45) is 11.7 Å². The summed E-state index contributed by atoms with van der Waals surface area (Å²) < 4.78 is 2.04. The number of aromatic nitrogens is 2. The van der Waals surface area contributed by atoms with E-state index >= 15 is 0 Å². The molecule has 0 aliphatic rings. The van der Waals surface area contributed by atoms with Crippen molar-refractivity contribution in [2.75, 3.05) is 13.1 Å². The average Bonchev–Trinajstić information content (AvgIpc) is 3.07. The van der Waals surface area contributed by atoms with Crippen molar-refractivity contribution < 1.29 is 4.79 Å². The van der Waals surface area contributed by atoms with Crippen LogP contribution in [0.2, 0.25) is 0 Å². The fourth-order valence-electron chi connectivity index (χ4n) is 2.57. The highest BCUT2D eigenvalue weighted by Crippen LogP contribution is 2.09. The van der Waals surface area contributed by atoms with Gasteiger partial charge in [-0.1, -0.05) is 36.8 Å². The molecule has 0 saturated carbocycles. The molecular formula is C22H36N4O. The molecule has 0 spiro atoms. The zero-order valence-corrected chi connectivity index (χ0v) is 17.4. The lowest BCUT2D eigenvalue weighted by atomic mass is 10.0. The second kappa shape index (κ2) is 13.1. The summed E-state index contributed by atoms with van der Waals surface area (Å²) in [5, 5.41) is 2.95. The fraction of sp³-hybridized carbons (Fsp3) is 0.545. The highest BCUT2D eigenvalue weighted by atomic mass is 16.1. The Balaban J connectivity index is 2.32. The van der Waals surface area contributed by atoms with Crippen LogP contribution in [0.4, 0.5) is 0 Å². The van der Waals surface area contributed by atoms with Crippen molar-refractivity contribution in [1.82, 2.24) is 14.9 Å². The first-order valence-electron chi connectivity index (χ1n) is 9.89. The summed E-state index contributed by atoms with van der Waals surface area (Å²) in [4.78, 5) is 16.5. The Morgan fingerprint density at radius 3 is 2.85 bits per heavy atom. The Hall–Kier alpha value is -2.14. The average molecular weight is 373 g/mol. The Morgan fingerprint density at radius 1 is 1.37 bits per heavy atom. The Morgan fingerprint density at radius 2 is 2.15 bits per heavy atom. The summed E-state index contributed by atoms with van der Waals surface area (Å²) in [6, 6.07) is 0. The highest BCUT2D eigenvalue weighted by molar-refractivity contribution is 5.93. The number of imidazole rings is 1. The number of hydrogen-bond donors (Lipinski definition) is 2. The van der Waals surface area contributed by atoms with Gasteiger partial charge in [-0.2, -0.15) is 0 Å². The summed E-state index contributed by atoms with van der Waals surface area (Å²) in [6.07, 6.45) is 16.0. The summed E-state index contributed by atoms with van der Waals surface area (Å²) in [6.45, 7) is 10.4. The van der Waals surface area contributed by atoms with Crippen LogP contribution in [-0.4, -0.2) is 28.5 Å². The molecule has 1 rings (SSSR count). The van der Waals surface area contributed by atoms with Crippen molar-refractivity contribution in [3.8, 4) is 0 Å². The number of allylic oxidation sites excluding steroid dienone is 5. The monoisotopic (exact) mass is 372 g/mol. The Labute approximate surface area is 164 Å². The van der Waals surface area contributed by atoms with Gasteiger partial charge in [-0.25, -0.2) is 4.98 Å². The molecule has 27 heavy (non-hydrogen) atoms. The van der Waals surface area contributed by atoms with Gasteiger partial charge in [0.05, 0.1) is 12.0 Å². The first-order chi connectivity index (χ1) is 12.9. The van der Waals surface area contributed by atoms with Crippen LogP contribution in [0.5, 0.6) is 0 Å². The molecule has 150 valence electrons. The minimum Gasteiger partial charge on any atom is -0.352 e. The second-order valence-corrected chi connectivity index (χ2v) is 7.32. The van der Waals surface area contributed by atoms with Crippen molar-refractivity contribution in [1.29, 1.82) is 0 Å². The van der Waals surface area contributed by atoms with Crippen LogP contribution in [0, 0.1) is 5.92 Å². The molecule has 0 saturated heterocycles. The lowest BCUT2D eigenvalue weighted by Gasteiger charge is -2.05. The largest absolute Gasteiger partial charge is 0.352 e.